The van der Waals surface area contributed by atoms with Crippen molar-refractivity contribution in [1.82, 2.24) is 5.32 Å². The molecule has 1 N–H and O–H groups in total. The van der Waals surface area contributed by atoms with Crippen molar-refractivity contribution in [3.8, 4) is 6.07 Å². The number of nitrogens with one attached hydrogen (secondary N) is 1. The minimum Gasteiger partial charge on any atom is -0.352 e. The molecular weight excluding hydrogens is 304 g/mol. The van der Waals surface area contributed by atoms with Gasteiger partial charge in [0.15, 0.2) is 0 Å². The zero-order chi connectivity index (χ0) is 13.7. The van der Waals surface area contributed by atoms with E-state index >= 15 is 0 Å². The van der Waals surface area contributed by atoms with E-state index in [4.69, 9.17) is 5.26 Å². The third kappa shape index (κ3) is 3.45. The molecule has 1 aliphatic carbocycles. The predicted octanol–water partition coefficient (Wildman–Crippen LogP) is 3.55. The first-order valence-corrected chi connectivity index (χ1v) is 7.16. The lowest BCUT2D eigenvalue weighted by molar-refractivity contribution is 0.0953. The molecule has 1 aromatic rings. The van der Waals surface area contributed by atoms with Crippen molar-refractivity contribution >= 4 is 21.8 Å². The summed E-state index contributed by atoms with van der Waals surface area (Å²) in [7, 11) is 0. The van der Waals surface area contributed by atoms with Crippen LogP contribution in [0.1, 0.15) is 41.6 Å². The van der Waals surface area contributed by atoms with Crippen molar-refractivity contribution in [1.29, 1.82) is 5.26 Å². The Balaban J connectivity index is 1.94. The Bertz CT molecular complexity index is 558. The average Bonchev–Trinajstić information content (AvgIpc) is 2.92. The van der Waals surface area contributed by atoms with E-state index in [0.29, 0.717) is 22.1 Å². The summed E-state index contributed by atoms with van der Waals surface area (Å²) in [6.07, 6.45) is 6.74. The van der Waals surface area contributed by atoms with Crippen molar-refractivity contribution in [3.63, 3.8) is 0 Å². The number of carbonyl (C=O) groups excluding carboxylic acids is 1. The highest BCUT2D eigenvalue weighted by molar-refractivity contribution is 9.10. The molecule has 3 nitrogen and oxygen atoms in total. The second kappa shape index (κ2) is 6.53. The van der Waals surface area contributed by atoms with Gasteiger partial charge in [-0.05, 0) is 53.7 Å². The molecule has 0 fully saturated rings. The SMILES string of the molecule is N#Cc1cccc(C(=O)NCCC2=CCCC2)c1Br. The molecule has 0 saturated carbocycles. The van der Waals surface area contributed by atoms with Gasteiger partial charge in [-0.2, -0.15) is 5.26 Å². The highest BCUT2D eigenvalue weighted by Gasteiger charge is 2.12. The Morgan fingerprint density at radius 2 is 2.32 bits per heavy atom. The molecule has 1 aliphatic rings. The predicted molar refractivity (Wildman–Crippen MR) is 77.7 cm³/mol. The molecular formula is C15H15BrN2O. The minimum absolute atomic E-state index is 0.137. The molecule has 0 aromatic heterocycles. The van der Waals surface area contributed by atoms with Gasteiger partial charge < -0.3 is 5.32 Å². The fourth-order valence-electron chi connectivity index (χ4n) is 2.19. The van der Waals surface area contributed by atoms with Gasteiger partial charge in [0.1, 0.15) is 6.07 Å². The monoisotopic (exact) mass is 318 g/mol. The van der Waals surface area contributed by atoms with Gasteiger partial charge in [0, 0.05) is 11.0 Å². The molecule has 98 valence electrons. The van der Waals surface area contributed by atoms with Gasteiger partial charge in [-0.1, -0.05) is 17.7 Å². The quantitative estimate of drug-likeness (QED) is 0.863. The van der Waals surface area contributed by atoms with Crippen LogP contribution in [0.2, 0.25) is 0 Å². The number of nitriles is 1. The van der Waals surface area contributed by atoms with Crippen LogP contribution in [-0.2, 0) is 0 Å². The van der Waals surface area contributed by atoms with E-state index in [1.54, 1.807) is 18.2 Å². The number of amides is 1. The fraction of sp³-hybridized carbons (Fsp3) is 0.333. The fourth-order valence-corrected chi connectivity index (χ4v) is 2.72. The molecule has 0 spiro atoms. The van der Waals surface area contributed by atoms with E-state index in [1.807, 2.05) is 0 Å². The molecule has 1 amide bonds. The Hall–Kier alpha value is -1.60. The first-order valence-electron chi connectivity index (χ1n) is 6.37. The van der Waals surface area contributed by atoms with Gasteiger partial charge in [0.2, 0.25) is 0 Å². The number of hydrogen-bond acceptors (Lipinski definition) is 2. The van der Waals surface area contributed by atoms with Crippen LogP contribution in [0.25, 0.3) is 0 Å². The van der Waals surface area contributed by atoms with E-state index in [-0.39, 0.29) is 5.91 Å². The third-order valence-corrected chi connectivity index (χ3v) is 4.08. The molecule has 4 heteroatoms. The van der Waals surface area contributed by atoms with Gasteiger partial charge in [0.25, 0.3) is 5.91 Å². The number of halogens is 1. The smallest absolute Gasteiger partial charge is 0.252 e. The van der Waals surface area contributed by atoms with Gasteiger partial charge >= 0.3 is 0 Å². The number of nitrogens with zero attached hydrogens (tertiary/aromatic N) is 1. The van der Waals surface area contributed by atoms with Crippen molar-refractivity contribution < 1.29 is 4.79 Å². The Morgan fingerprint density at radius 1 is 1.47 bits per heavy atom. The van der Waals surface area contributed by atoms with Crippen molar-refractivity contribution in [2.24, 2.45) is 0 Å². The largest absolute Gasteiger partial charge is 0.352 e. The molecule has 0 atom stereocenters. The molecule has 0 aliphatic heterocycles. The summed E-state index contributed by atoms with van der Waals surface area (Å²) in [5.74, 6) is -0.137. The van der Waals surface area contributed by atoms with Crippen molar-refractivity contribution in [2.75, 3.05) is 6.54 Å². The van der Waals surface area contributed by atoms with Crippen molar-refractivity contribution in [3.05, 3.63) is 45.4 Å². The summed E-state index contributed by atoms with van der Waals surface area (Å²) < 4.78 is 0.565. The number of rotatable bonds is 4. The summed E-state index contributed by atoms with van der Waals surface area (Å²) in [5.41, 5.74) is 2.43. The van der Waals surface area contributed by atoms with Crippen LogP contribution < -0.4 is 5.32 Å². The van der Waals surface area contributed by atoms with Gasteiger partial charge in [-0.3, -0.25) is 4.79 Å². The topological polar surface area (TPSA) is 52.9 Å². The van der Waals surface area contributed by atoms with Crippen LogP contribution in [0.5, 0.6) is 0 Å². The molecule has 2 rings (SSSR count). The van der Waals surface area contributed by atoms with Gasteiger partial charge in [-0.15, -0.1) is 0 Å². The van der Waals surface area contributed by atoms with Crippen LogP contribution in [-0.4, -0.2) is 12.5 Å². The zero-order valence-electron chi connectivity index (χ0n) is 10.6. The number of allylic oxidation sites excluding steroid dienone is 1. The molecule has 0 radical (unpaired) electrons. The normalized spacial score (nSPS) is 13.8. The minimum atomic E-state index is -0.137. The maximum absolute atomic E-state index is 12.0. The number of benzene rings is 1. The zero-order valence-corrected chi connectivity index (χ0v) is 12.2. The first-order chi connectivity index (χ1) is 9.22. The molecule has 0 bridgehead atoms. The van der Waals surface area contributed by atoms with E-state index in [1.165, 1.54) is 18.4 Å². The summed E-state index contributed by atoms with van der Waals surface area (Å²) in [6.45, 7) is 0.647. The first kappa shape index (κ1) is 13.8. The molecule has 0 heterocycles. The lowest BCUT2D eigenvalue weighted by atomic mass is 10.1. The molecule has 0 unspecified atom stereocenters. The summed E-state index contributed by atoms with van der Waals surface area (Å²) in [6, 6.07) is 7.18. The lowest BCUT2D eigenvalue weighted by Crippen LogP contribution is -2.25. The van der Waals surface area contributed by atoms with E-state index in [9.17, 15) is 4.79 Å². The number of carbonyl (C=O) groups is 1. The standard InChI is InChI=1S/C15H15BrN2O/c16-14-12(10-17)6-3-7-13(14)15(19)18-9-8-11-4-1-2-5-11/h3-4,6-7H,1-2,5,8-9H2,(H,18,19). The van der Waals surface area contributed by atoms with Crippen LogP contribution in [0, 0.1) is 11.3 Å². The lowest BCUT2D eigenvalue weighted by Gasteiger charge is -2.08. The summed E-state index contributed by atoms with van der Waals surface area (Å²) >= 11 is 3.31. The highest BCUT2D eigenvalue weighted by atomic mass is 79.9. The van der Waals surface area contributed by atoms with Crippen LogP contribution in [0.3, 0.4) is 0 Å². The highest BCUT2D eigenvalue weighted by Crippen LogP contribution is 2.22. The molecule has 19 heavy (non-hydrogen) atoms. The Labute approximate surface area is 121 Å². The second-order valence-electron chi connectivity index (χ2n) is 4.54. The van der Waals surface area contributed by atoms with E-state index in [0.717, 1.165) is 12.8 Å². The van der Waals surface area contributed by atoms with Gasteiger partial charge in [0.05, 0.1) is 11.1 Å². The number of hydrogen-bond donors (Lipinski definition) is 1. The summed E-state index contributed by atoms with van der Waals surface area (Å²) in [4.78, 5) is 12.0. The maximum atomic E-state index is 12.0. The van der Waals surface area contributed by atoms with Gasteiger partial charge in [-0.25, -0.2) is 0 Å². The second-order valence-corrected chi connectivity index (χ2v) is 5.33. The van der Waals surface area contributed by atoms with Crippen LogP contribution >= 0.6 is 15.9 Å². The van der Waals surface area contributed by atoms with Crippen LogP contribution in [0.15, 0.2) is 34.3 Å². The summed E-state index contributed by atoms with van der Waals surface area (Å²) in [5, 5.41) is 11.8. The van der Waals surface area contributed by atoms with Crippen molar-refractivity contribution in [2.45, 2.75) is 25.7 Å². The molecule has 0 saturated heterocycles. The van der Waals surface area contributed by atoms with Crippen LogP contribution in [0.4, 0.5) is 0 Å². The Morgan fingerprint density at radius 3 is 3.00 bits per heavy atom. The van der Waals surface area contributed by atoms with E-state index < -0.39 is 0 Å². The Kier molecular flexibility index (Phi) is 4.75. The maximum Gasteiger partial charge on any atom is 0.252 e. The average molecular weight is 319 g/mol. The third-order valence-electron chi connectivity index (χ3n) is 3.23. The molecule has 1 aromatic carbocycles. The van der Waals surface area contributed by atoms with E-state index in [2.05, 4.69) is 33.4 Å².